The Bertz CT molecular complexity index is 909. The van der Waals surface area contributed by atoms with Gasteiger partial charge < -0.3 is 14.0 Å². The first-order valence-corrected chi connectivity index (χ1v) is 7.34. The van der Waals surface area contributed by atoms with Crippen LogP contribution >= 0.6 is 0 Å². The summed E-state index contributed by atoms with van der Waals surface area (Å²) >= 11 is 0. The van der Waals surface area contributed by atoms with Gasteiger partial charge in [-0.05, 0) is 48.5 Å². The highest BCUT2D eigenvalue weighted by atomic mass is 16.5. The van der Waals surface area contributed by atoms with Crippen molar-refractivity contribution in [3.05, 3.63) is 65.5 Å². The first-order valence-electron chi connectivity index (χ1n) is 7.34. The first kappa shape index (κ1) is 16.2. The van der Waals surface area contributed by atoms with Crippen LogP contribution in [0.5, 0.6) is 5.75 Å². The van der Waals surface area contributed by atoms with Crippen molar-refractivity contribution >= 4 is 5.97 Å². The number of hydrogen-bond donors (Lipinski definition) is 0. The van der Waals surface area contributed by atoms with E-state index in [1.54, 1.807) is 43.5 Å². The number of esters is 1. The number of nitriles is 1. The number of aromatic nitrogens is 2. The molecule has 0 N–H and O–H groups in total. The lowest BCUT2D eigenvalue weighted by molar-refractivity contribution is 0.0459. The van der Waals surface area contributed by atoms with E-state index >= 15 is 0 Å². The van der Waals surface area contributed by atoms with Gasteiger partial charge >= 0.3 is 5.97 Å². The molecule has 0 spiro atoms. The van der Waals surface area contributed by atoms with Gasteiger partial charge in [0.25, 0.3) is 5.89 Å². The van der Waals surface area contributed by atoms with Gasteiger partial charge in [0.1, 0.15) is 5.75 Å². The number of rotatable bonds is 5. The van der Waals surface area contributed by atoms with Gasteiger partial charge in [0.15, 0.2) is 6.61 Å². The molecule has 1 heterocycles. The summed E-state index contributed by atoms with van der Waals surface area (Å²) < 4.78 is 15.4. The van der Waals surface area contributed by atoms with Crippen LogP contribution in [0.15, 0.2) is 53.1 Å². The summed E-state index contributed by atoms with van der Waals surface area (Å²) in [5.74, 6) is 0.778. The van der Waals surface area contributed by atoms with Gasteiger partial charge in [0, 0.05) is 5.56 Å². The van der Waals surface area contributed by atoms with Gasteiger partial charge in [0.05, 0.1) is 24.3 Å². The van der Waals surface area contributed by atoms with Gasteiger partial charge in [-0.3, -0.25) is 0 Å². The third kappa shape index (κ3) is 3.82. The molecule has 3 rings (SSSR count). The fourth-order valence-electron chi connectivity index (χ4n) is 2.06. The van der Waals surface area contributed by atoms with Crippen LogP contribution in [0, 0.1) is 11.3 Å². The predicted octanol–water partition coefficient (Wildman–Crippen LogP) is 2.97. The molecule has 0 unspecified atom stereocenters. The lowest BCUT2D eigenvalue weighted by Gasteiger charge is -2.01. The Morgan fingerprint density at radius 3 is 2.52 bits per heavy atom. The Morgan fingerprint density at radius 2 is 1.88 bits per heavy atom. The fraction of sp³-hybridized carbons (Fsp3) is 0.111. The van der Waals surface area contributed by atoms with E-state index in [4.69, 9.17) is 19.3 Å². The van der Waals surface area contributed by atoms with Crippen molar-refractivity contribution in [2.45, 2.75) is 6.61 Å². The SMILES string of the molecule is COc1ccc(-c2nc(COC(=O)c3ccc(C#N)cc3)no2)cc1. The number of carbonyl (C=O) groups excluding carboxylic acids is 1. The van der Waals surface area contributed by atoms with E-state index < -0.39 is 5.97 Å². The molecule has 3 aromatic rings. The Kier molecular flexibility index (Phi) is 4.72. The second-order valence-corrected chi connectivity index (χ2v) is 5.01. The van der Waals surface area contributed by atoms with E-state index in [2.05, 4.69) is 10.1 Å². The minimum atomic E-state index is -0.528. The van der Waals surface area contributed by atoms with Crippen LogP contribution in [0.1, 0.15) is 21.7 Å². The van der Waals surface area contributed by atoms with Crippen LogP contribution in [0.4, 0.5) is 0 Å². The summed E-state index contributed by atoms with van der Waals surface area (Å²) in [6, 6.07) is 15.3. The molecule has 0 aliphatic carbocycles. The molecule has 124 valence electrons. The van der Waals surface area contributed by atoms with E-state index in [1.165, 1.54) is 12.1 Å². The van der Waals surface area contributed by atoms with Crippen molar-refractivity contribution < 1.29 is 18.8 Å². The first-order chi connectivity index (χ1) is 12.2. The van der Waals surface area contributed by atoms with Gasteiger partial charge in [-0.25, -0.2) is 4.79 Å². The van der Waals surface area contributed by atoms with Crippen molar-refractivity contribution in [3.63, 3.8) is 0 Å². The van der Waals surface area contributed by atoms with E-state index in [1.807, 2.05) is 6.07 Å². The average molecular weight is 335 g/mol. The molecular weight excluding hydrogens is 322 g/mol. The molecule has 0 fully saturated rings. The van der Waals surface area contributed by atoms with Crippen LogP contribution in [0.3, 0.4) is 0 Å². The highest BCUT2D eigenvalue weighted by Crippen LogP contribution is 2.20. The van der Waals surface area contributed by atoms with Crippen molar-refractivity contribution in [3.8, 4) is 23.3 Å². The zero-order valence-electron chi connectivity index (χ0n) is 13.3. The third-order valence-corrected chi connectivity index (χ3v) is 3.39. The molecule has 0 saturated heterocycles. The minimum Gasteiger partial charge on any atom is -0.497 e. The molecule has 0 atom stereocenters. The maximum Gasteiger partial charge on any atom is 0.338 e. The van der Waals surface area contributed by atoms with E-state index in [0.29, 0.717) is 17.0 Å². The second-order valence-electron chi connectivity index (χ2n) is 5.01. The standard InChI is InChI=1S/C18H13N3O4/c1-23-15-8-6-13(7-9-15)17-20-16(21-25-17)11-24-18(22)14-4-2-12(10-19)3-5-14/h2-9H,11H2,1H3. The number of hydrogen-bond acceptors (Lipinski definition) is 7. The molecule has 7 nitrogen and oxygen atoms in total. The zero-order chi connectivity index (χ0) is 17.6. The van der Waals surface area contributed by atoms with Crippen LogP contribution in [-0.2, 0) is 11.3 Å². The van der Waals surface area contributed by atoms with Crippen molar-refractivity contribution in [2.24, 2.45) is 0 Å². The summed E-state index contributed by atoms with van der Waals surface area (Å²) in [4.78, 5) is 16.1. The molecule has 0 radical (unpaired) electrons. The molecule has 0 aliphatic heterocycles. The molecular formula is C18H13N3O4. The lowest BCUT2D eigenvalue weighted by Crippen LogP contribution is -2.06. The number of nitrogens with zero attached hydrogens (tertiary/aromatic N) is 3. The fourth-order valence-corrected chi connectivity index (χ4v) is 2.06. The van der Waals surface area contributed by atoms with Crippen molar-refractivity contribution in [1.82, 2.24) is 10.1 Å². The van der Waals surface area contributed by atoms with E-state index in [-0.39, 0.29) is 12.4 Å². The number of methoxy groups -OCH3 is 1. The average Bonchev–Trinajstić information content (AvgIpc) is 3.15. The maximum absolute atomic E-state index is 12.0. The molecule has 7 heteroatoms. The van der Waals surface area contributed by atoms with Crippen LogP contribution in [0.2, 0.25) is 0 Å². The van der Waals surface area contributed by atoms with E-state index in [9.17, 15) is 4.79 Å². The highest BCUT2D eigenvalue weighted by molar-refractivity contribution is 5.89. The molecule has 1 aromatic heterocycles. The quantitative estimate of drug-likeness (QED) is 0.661. The minimum absolute atomic E-state index is 0.113. The Balaban J connectivity index is 1.62. The monoisotopic (exact) mass is 335 g/mol. The van der Waals surface area contributed by atoms with Crippen molar-refractivity contribution in [2.75, 3.05) is 7.11 Å². The molecule has 0 saturated carbocycles. The summed E-state index contributed by atoms with van der Waals surface area (Å²) in [6.45, 7) is -0.113. The molecule has 0 amide bonds. The topological polar surface area (TPSA) is 98.2 Å². The molecule has 0 bridgehead atoms. The summed E-state index contributed by atoms with van der Waals surface area (Å²) in [5.41, 5.74) is 1.55. The van der Waals surface area contributed by atoms with Crippen LogP contribution in [-0.4, -0.2) is 23.2 Å². The van der Waals surface area contributed by atoms with Crippen LogP contribution < -0.4 is 4.74 Å². The summed E-state index contributed by atoms with van der Waals surface area (Å²) in [7, 11) is 1.59. The normalized spacial score (nSPS) is 10.1. The largest absolute Gasteiger partial charge is 0.497 e. The molecule has 2 aromatic carbocycles. The van der Waals surface area contributed by atoms with Crippen molar-refractivity contribution in [1.29, 1.82) is 5.26 Å². The van der Waals surface area contributed by atoms with Gasteiger partial charge in [0.2, 0.25) is 5.82 Å². The Morgan fingerprint density at radius 1 is 1.16 bits per heavy atom. The molecule has 0 aliphatic rings. The number of ether oxygens (including phenoxy) is 2. The molecule has 25 heavy (non-hydrogen) atoms. The zero-order valence-corrected chi connectivity index (χ0v) is 13.3. The maximum atomic E-state index is 12.0. The summed E-state index contributed by atoms with van der Waals surface area (Å²) in [6.07, 6.45) is 0. The smallest absolute Gasteiger partial charge is 0.338 e. The van der Waals surface area contributed by atoms with Gasteiger partial charge in [-0.1, -0.05) is 5.16 Å². The summed E-state index contributed by atoms with van der Waals surface area (Å²) in [5, 5.41) is 12.5. The van der Waals surface area contributed by atoms with Crippen LogP contribution in [0.25, 0.3) is 11.5 Å². The van der Waals surface area contributed by atoms with Gasteiger partial charge in [-0.2, -0.15) is 10.2 Å². The highest BCUT2D eigenvalue weighted by Gasteiger charge is 2.12. The lowest BCUT2D eigenvalue weighted by atomic mass is 10.1. The van der Waals surface area contributed by atoms with Gasteiger partial charge in [-0.15, -0.1) is 0 Å². The Hall–Kier alpha value is -3.66. The Labute approximate surface area is 143 Å². The number of carbonyl (C=O) groups is 1. The predicted molar refractivity (Wildman–Crippen MR) is 86.6 cm³/mol. The second kappa shape index (κ2) is 7.27. The third-order valence-electron chi connectivity index (χ3n) is 3.39. The number of benzene rings is 2. The van der Waals surface area contributed by atoms with E-state index in [0.717, 1.165) is 11.3 Å².